The van der Waals surface area contributed by atoms with Crippen LogP contribution in [0.5, 0.6) is 0 Å². The van der Waals surface area contributed by atoms with Gasteiger partial charge >= 0.3 is 0 Å². The Hall–Kier alpha value is -0.930. The van der Waals surface area contributed by atoms with Crippen molar-refractivity contribution in [2.75, 3.05) is 13.7 Å². The van der Waals surface area contributed by atoms with Crippen molar-refractivity contribution in [1.29, 1.82) is 0 Å². The number of nitrogens with one attached hydrogen (secondary N) is 1. The van der Waals surface area contributed by atoms with Crippen molar-refractivity contribution in [1.82, 2.24) is 10.3 Å². The van der Waals surface area contributed by atoms with Crippen LogP contribution in [0, 0.1) is 0 Å². The summed E-state index contributed by atoms with van der Waals surface area (Å²) in [6.45, 7) is 3.45. The summed E-state index contributed by atoms with van der Waals surface area (Å²) < 4.78 is 5.47. The third-order valence-corrected chi connectivity index (χ3v) is 1.85. The molecule has 0 amide bonds. The average Bonchev–Trinajstić information content (AvgIpc) is 2.19. The van der Waals surface area contributed by atoms with Gasteiger partial charge in [0.2, 0.25) is 0 Å². The van der Waals surface area contributed by atoms with Gasteiger partial charge in [0, 0.05) is 18.4 Å². The molecule has 3 heteroatoms. The first kappa shape index (κ1) is 10.2. The Morgan fingerprint density at radius 3 is 3.08 bits per heavy atom. The molecule has 0 spiro atoms. The summed E-state index contributed by atoms with van der Waals surface area (Å²) >= 11 is 0. The van der Waals surface area contributed by atoms with E-state index in [1.165, 1.54) is 0 Å². The van der Waals surface area contributed by atoms with Gasteiger partial charge in [-0.25, -0.2) is 0 Å². The number of hydrogen-bond acceptors (Lipinski definition) is 3. The molecule has 1 unspecified atom stereocenters. The van der Waals surface area contributed by atoms with E-state index < -0.39 is 0 Å². The molecule has 1 N–H and O–H groups in total. The zero-order valence-electron chi connectivity index (χ0n) is 8.16. The standard InChI is InChI=1S/C10H16N2O/c1-9(11-2)7-13-8-10-4-3-5-12-6-10/h3-6,9,11H,7-8H2,1-2H3. The Bertz CT molecular complexity index is 226. The Morgan fingerprint density at radius 1 is 1.62 bits per heavy atom. The van der Waals surface area contributed by atoms with E-state index in [1.54, 1.807) is 6.20 Å². The van der Waals surface area contributed by atoms with Gasteiger partial charge in [-0.15, -0.1) is 0 Å². The number of hydrogen-bond donors (Lipinski definition) is 1. The molecule has 0 fully saturated rings. The first-order valence-corrected chi connectivity index (χ1v) is 4.47. The molecule has 1 aromatic rings. The minimum Gasteiger partial charge on any atom is -0.375 e. The highest BCUT2D eigenvalue weighted by atomic mass is 16.5. The van der Waals surface area contributed by atoms with E-state index in [4.69, 9.17) is 4.74 Å². The number of ether oxygens (including phenoxy) is 1. The normalized spacial score (nSPS) is 12.8. The number of nitrogens with zero attached hydrogens (tertiary/aromatic N) is 1. The Kier molecular flexibility index (Phi) is 4.43. The highest BCUT2D eigenvalue weighted by molar-refractivity contribution is 5.06. The van der Waals surface area contributed by atoms with Crippen LogP contribution in [-0.2, 0) is 11.3 Å². The minimum absolute atomic E-state index is 0.400. The largest absolute Gasteiger partial charge is 0.375 e. The van der Waals surface area contributed by atoms with Crippen LogP contribution >= 0.6 is 0 Å². The topological polar surface area (TPSA) is 34.1 Å². The average molecular weight is 180 g/mol. The van der Waals surface area contributed by atoms with Crippen LogP contribution in [-0.4, -0.2) is 24.7 Å². The summed E-state index contributed by atoms with van der Waals surface area (Å²) in [6, 6.07) is 4.33. The van der Waals surface area contributed by atoms with Gasteiger partial charge in [0.15, 0.2) is 0 Å². The van der Waals surface area contributed by atoms with Crippen LogP contribution in [0.4, 0.5) is 0 Å². The molecule has 0 aliphatic rings. The first-order chi connectivity index (χ1) is 6.33. The molecule has 0 aromatic carbocycles. The van der Waals surface area contributed by atoms with E-state index in [-0.39, 0.29) is 0 Å². The molecule has 0 saturated carbocycles. The number of aromatic nitrogens is 1. The maximum atomic E-state index is 5.47. The molecule has 1 heterocycles. The fourth-order valence-corrected chi connectivity index (χ4v) is 0.920. The lowest BCUT2D eigenvalue weighted by Gasteiger charge is -2.10. The molecule has 3 nitrogen and oxygen atoms in total. The third-order valence-electron chi connectivity index (χ3n) is 1.85. The second kappa shape index (κ2) is 5.67. The number of pyridine rings is 1. The molecule has 1 aromatic heterocycles. The molecule has 0 radical (unpaired) electrons. The predicted octanol–water partition coefficient (Wildman–Crippen LogP) is 1.21. The summed E-state index contributed by atoms with van der Waals surface area (Å²) in [5.41, 5.74) is 1.12. The second-order valence-corrected chi connectivity index (χ2v) is 3.07. The van der Waals surface area contributed by atoms with Gasteiger partial charge in [0.25, 0.3) is 0 Å². The van der Waals surface area contributed by atoms with Gasteiger partial charge in [-0.05, 0) is 25.6 Å². The van der Waals surface area contributed by atoms with Crippen LogP contribution in [0.25, 0.3) is 0 Å². The van der Waals surface area contributed by atoms with Crippen LogP contribution in [0.3, 0.4) is 0 Å². The Labute approximate surface area is 79.1 Å². The van der Waals surface area contributed by atoms with Crippen molar-refractivity contribution in [2.24, 2.45) is 0 Å². The lowest BCUT2D eigenvalue weighted by Crippen LogP contribution is -2.26. The molecule has 0 bridgehead atoms. The zero-order valence-corrected chi connectivity index (χ0v) is 8.16. The van der Waals surface area contributed by atoms with Gasteiger partial charge in [-0.2, -0.15) is 0 Å². The fourth-order valence-electron chi connectivity index (χ4n) is 0.920. The van der Waals surface area contributed by atoms with E-state index in [2.05, 4.69) is 17.2 Å². The molecule has 0 aliphatic heterocycles. The van der Waals surface area contributed by atoms with Crippen molar-refractivity contribution in [3.05, 3.63) is 30.1 Å². The van der Waals surface area contributed by atoms with Crippen LogP contribution in [0.1, 0.15) is 12.5 Å². The summed E-state index contributed by atoms with van der Waals surface area (Å²) in [6.07, 6.45) is 3.59. The van der Waals surface area contributed by atoms with E-state index in [9.17, 15) is 0 Å². The lowest BCUT2D eigenvalue weighted by atomic mass is 10.3. The lowest BCUT2D eigenvalue weighted by molar-refractivity contribution is 0.104. The van der Waals surface area contributed by atoms with Crippen LogP contribution in [0.15, 0.2) is 24.5 Å². The first-order valence-electron chi connectivity index (χ1n) is 4.47. The van der Waals surface area contributed by atoms with Crippen LogP contribution in [0.2, 0.25) is 0 Å². The summed E-state index contributed by atoms with van der Waals surface area (Å²) in [4.78, 5) is 4.01. The summed E-state index contributed by atoms with van der Waals surface area (Å²) in [5.74, 6) is 0. The highest BCUT2D eigenvalue weighted by Gasteiger charge is 1.97. The highest BCUT2D eigenvalue weighted by Crippen LogP contribution is 1.98. The predicted molar refractivity (Wildman–Crippen MR) is 52.4 cm³/mol. The number of rotatable bonds is 5. The zero-order chi connectivity index (χ0) is 9.52. The van der Waals surface area contributed by atoms with Gasteiger partial charge in [-0.1, -0.05) is 6.07 Å². The van der Waals surface area contributed by atoms with Crippen molar-refractivity contribution in [3.63, 3.8) is 0 Å². The smallest absolute Gasteiger partial charge is 0.0732 e. The maximum absolute atomic E-state index is 5.47. The fraction of sp³-hybridized carbons (Fsp3) is 0.500. The molecule has 1 atom stereocenters. The molecular formula is C10H16N2O. The second-order valence-electron chi connectivity index (χ2n) is 3.07. The Morgan fingerprint density at radius 2 is 2.46 bits per heavy atom. The van der Waals surface area contributed by atoms with Gasteiger partial charge in [0.05, 0.1) is 13.2 Å². The van der Waals surface area contributed by atoms with Crippen molar-refractivity contribution >= 4 is 0 Å². The van der Waals surface area contributed by atoms with Gasteiger partial charge < -0.3 is 10.1 Å². The molecule has 1 rings (SSSR count). The SMILES string of the molecule is CNC(C)COCc1cccnc1. The van der Waals surface area contributed by atoms with E-state index in [0.717, 1.165) is 12.2 Å². The molecular weight excluding hydrogens is 164 g/mol. The summed E-state index contributed by atoms with van der Waals surface area (Å²) in [5, 5.41) is 3.11. The molecule has 72 valence electrons. The van der Waals surface area contributed by atoms with Crippen LogP contribution < -0.4 is 5.32 Å². The van der Waals surface area contributed by atoms with Gasteiger partial charge in [-0.3, -0.25) is 4.98 Å². The van der Waals surface area contributed by atoms with Crippen molar-refractivity contribution in [2.45, 2.75) is 19.6 Å². The molecule has 13 heavy (non-hydrogen) atoms. The van der Waals surface area contributed by atoms with E-state index in [1.807, 2.05) is 25.4 Å². The van der Waals surface area contributed by atoms with Crippen molar-refractivity contribution < 1.29 is 4.74 Å². The van der Waals surface area contributed by atoms with Crippen molar-refractivity contribution in [3.8, 4) is 0 Å². The Balaban J connectivity index is 2.20. The molecule has 0 aliphatic carbocycles. The monoisotopic (exact) mass is 180 g/mol. The minimum atomic E-state index is 0.400. The third kappa shape index (κ3) is 4.01. The van der Waals surface area contributed by atoms with Gasteiger partial charge in [0.1, 0.15) is 0 Å². The molecule has 0 saturated heterocycles. The van der Waals surface area contributed by atoms with E-state index in [0.29, 0.717) is 12.6 Å². The van der Waals surface area contributed by atoms with E-state index >= 15 is 0 Å². The summed E-state index contributed by atoms with van der Waals surface area (Å²) in [7, 11) is 1.93. The number of likely N-dealkylation sites (N-methyl/N-ethyl adjacent to an activating group) is 1. The quantitative estimate of drug-likeness (QED) is 0.739. The maximum Gasteiger partial charge on any atom is 0.0732 e.